The van der Waals surface area contributed by atoms with Crippen LogP contribution >= 0.6 is 0 Å². The smallest absolute Gasteiger partial charge is 0.257 e. The molecule has 5 heteroatoms. The first kappa shape index (κ1) is 11.1. The van der Waals surface area contributed by atoms with Crippen molar-refractivity contribution in [3.63, 3.8) is 0 Å². The monoisotopic (exact) mass is 223 g/mol. The number of likely N-dealkylation sites (tertiary alicyclic amines) is 1. The van der Waals surface area contributed by atoms with Crippen LogP contribution in [0.3, 0.4) is 0 Å². The van der Waals surface area contributed by atoms with E-state index in [-0.39, 0.29) is 18.6 Å². The van der Waals surface area contributed by atoms with Crippen LogP contribution in [-0.2, 0) is 0 Å². The summed E-state index contributed by atoms with van der Waals surface area (Å²) in [7, 11) is 0. The van der Waals surface area contributed by atoms with E-state index >= 15 is 0 Å². The molecule has 1 saturated heterocycles. The molecule has 2 rings (SSSR count). The van der Waals surface area contributed by atoms with Crippen LogP contribution in [0, 0.1) is 0 Å². The summed E-state index contributed by atoms with van der Waals surface area (Å²) in [4.78, 5) is 14.0. The molecule has 0 spiro atoms. The van der Waals surface area contributed by atoms with Gasteiger partial charge in [0.05, 0.1) is 11.8 Å². The number of aliphatic hydroxyl groups excluding tert-OH is 1. The Morgan fingerprint density at radius 1 is 1.69 bits per heavy atom. The number of carbonyl (C=O) groups excluding carboxylic acids is 1. The van der Waals surface area contributed by atoms with E-state index in [1.807, 2.05) is 4.90 Å². The Bertz CT molecular complexity index is 337. The normalized spacial score (nSPS) is 20.3. The minimum absolute atomic E-state index is 0.0502. The second kappa shape index (κ2) is 5.12. The molecule has 16 heavy (non-hydrogen) atoms. The van der Waals surface area contributed by atoms with Gasteiger partial charge in [-0.3, -0.25) is 9.89 Å². The Morgan fingerprint density at radius 3 is 3.25 bits per heavy atom. The highest BCUT2D eigenvalue weighted by molar-refractivity contribution is 5.94. The third-order valence-electron chi connectivity index (χ3n) is 3.08. The number of nitrogens with zero attached hydrogens (tertiary/aromatic N) is 2. The number of aliphatic hydroxyl groups is 1. The zero-order valence-electron chi connectivity index (χ0n) is 9.22. The van der Waals surface area contributed by atoms with E-state index in [0.29, 0.717) is 5.56 Å². The molecule has 1 aromatic rings. The van der Waals surface area contributed by atoms with Crippen LogP contribution in [0.1, 0.15) is 36.0 Å². The van der Waals surface area contributed by atoms with Crippen molar-refractivity contribution < 1.29 is 9.90 Å². The van der Waals surface area contributed by atoms with Gasteiger partial charge >= 0.3 is 0 Å². The summed E-state index contributed by atoms with van der Waals surface area (Å²) in [6.45, 7) is 1.02. The average Bonchev–Trinajstić information content (AvgIpc) is 2.96. The molecule has 5 nitrogen and oxygen atoms in total. The number of hydrogen-bond acceptors (Lipinski definition) is 3. The first-order valence-corrected chi connectivity index (χ1v) is 5.73. The highest BCUT2D eigenvalue weighted by atomic mass is 16.3. The van der Waals surface area contributed by atoms with Gasteiger partial charge in [0.1, 0.15) is 0 Å². The Balaban J connectivity index is 1.99. The number of rotatable bonds is 4. The second-order valence-corrected chi connectivity index (χ2v) is 4.15. The summed E-state index contributed by atoms with van der Waals surface area (Å²) < 4.78 is 0. The third-order valence-corrected chi connectivity index (χ3v) is 3.08. The van der Waals surface area contributed by atoms with E-state index in [4.69, 9.17) is 5.11 Å². The van der Waals surface area contributed by atoms with Gasteiger partial charge in [-0.05, 0) is 25.7 Å². The summed E-state index contributed by atoms with van der Waals surface area (Å²) in [5.74, 6) is 0.0502. The predicted octanol–water partition coefficient (Wildman–Crippen LogP) is 0.787. The van der Waals surface area contributed by atoms with Gasteiger partial charge in [-0.2, -0.15) is 5.10 Å². The highest BCUT2D eigenvalue weighted by Gasteiger charge is 2.29. The standard InChI is InChI=1S/C11H17N3O2/c15-6-2-4-10-3-1-5-14(10)11(16)9-7-12-13-8-9/h7-8,10,15H,1-6H2,(H,12,13). The van der Waals surface area contributed by atoms with Crippen molar-refractivity contribution in [2.24, 2.45) is 0 Å². The van der Waals surface area contributed by atoms with Crippen molar-refractivity contribution in [2.75, 3.05) is 13.2 Å². The fourth-order valence-corrected chi connectivity index (χ4v) is 2.26. The molecule has 1 aromatic heterocycles. The van der Waals surface area contributed by atoms with Gasteiger partial charge in [0.15, 0.2) is 0 Å². The molecule has 1 amide bonds. The zero-order valence-corrected chi connectivity index (χ0v) is 9.22. The first-order chi connectivity index (χ1) is 7.83. The van der Waals surface area contributed by atoms with Gasteiger partial charge in [-0.25, -0.2) is 0 Å². The summed E-state index contributed by atoms with van der Waals surface area (Å²) in [6, 6.07) is 0.287. The molecular weight excluding hydrogens is 206 g/mol. The molecule has 0 bridgehead atoms. The number of nitrogens with one attached hydrogen (secondary N) is 1. The highest BCUT2D eigenvalue weighted by Crippen LogP contribution is 2.23. The number of aromatic nitrogens is 2. The molecule has 1 aliphatic heterocycles. The van der Waals surface area contributed by atoms with Crippen molar-refractivity contribution in [1.82, 2.24) is 15.1 Å². The molecule has 0 saturated carbocycles. The van der Waals surface area contributed by atoms with E-state index in [2.05, 4.69) is 10.2 Å². The molecule has 1 atom stereocenters. The lowest BCUT2D eigenvalue weighted by atomic mass is 10.1. The van der Waals surface area contributed by atoms with Crippen LogP contribution in [0.5, 0.6) is 0 Å². The minimum Gasteiger partial charge on any atom is -0.396 e. The maximum absolute atomic E-state index is 12.1. The van der Waals surface area contributed by atoms with Crippen molar-refractivity contribution in [3.8, 4) is 0 Å². The molecule has 1 unspecified atom stereocenters. The van der Waals surface area contributed by atoms with Crippen molar-refractivity contribution in [3.05, 3.63) is 18.0 Å². The van der Waals surface area contributed by atoms with Crippen LogP contribution in [0.15, 0.2) is 12.4 Å². The lowest BCUT2D eigenvalue weighted by Gasteiger charge is -2.23. The lowest BCUT2D eigenvalue weighted by Crippen LogP contribution is -2.35. The zero-order chi connectivity index (χ0) is 11.4. The lowest BCUT2D eigenvalue weighted by molar-refractivity contribution is 0.0724. The van der Waals surface area contributed by atoms with Crippen LogP contribution in [0.25, 0.3) is 0 Å². The van der Waals surface area contributed by atoms with Crippen LogP contribution in [0.4, 0.5) is 0 Å². The van der Waals surface area contributed by atoms with Crippen molar-refractivity contribution >= 4 is 5.91 Å². The van der Waals surface area contributed by atoms with Gasteiger partial charge < -0.3 is 10.0 Å². The van der Waals surface area contributed by atoms with E-state index < -0.39 is 0 Å². The maximum Gasteiger partial charge on any atom is 0.257 e. The van der Waals surface area contributed by atoms with Crippen LogP contribution < -0.4 is 0 Å². The summed E-state index contributed by atoms with van der Waals surface area (Å²) >= 11 is 0. The van der Waals surface area contributed by atoms with E-state index in [9.17, 15) is 4.79 Å². The SMILES string of the molecule is O=C(c1cn[nH]c1)N1CCCC1CCCO. The predicted molar refractivity (Wildman–Crippen MR) is 59.0 cm³/mol. The van der Waals surface area contributed by atoms with Crippen LogP contribution in [-0.4, -0.2) is 45.3 Å². The molecule has 1 fully saturated rings. The third kappa shape index (κ3) is 2.24. The van der Waals surface area contributed by atoms with Crippen molar-refractivity contribution in [1.29, 1.82) is 0 Å². The fourth-order valence-electron chi connectivity index (χ4n) is 2.26. The van der Waals surface area contributed by atoms with E-state index in [1.54, 1.807) is 12.4 Å². The minimum atomic E-state index is 0.0502. The fraction of sp³-hybridized carbons (Fsp3) is 0.636. The number of H-pyrrole nitrogens is 1. The first-order valence-electron chi connectivity index (χ1n) is 5.73. The molecule has 0 radical (unpaired) electrons. The topological polar surface area (TPSA) is 69.2 Å². The van der Waals surface area contributed by atoms with Gasteiger partial charge in [0, 0.05) is 25.4 Å². The largest absolute Gasteiger partial charge is 0.396 e. The Morgan fingerprint density at radius 2 is 2.56 bits per heavy atom. The van der Waals surface area contributed by atoms with Crippen LogP contribution in [0.2, 0.25) is 0 Å². The summed E-state index contributed by atoms with van der Waals surface area (Å²) in [5.41, 5.74) is 0.621. The Labute approximate surface area is 94.5 Å². The Hall–Kier alpha value is -1.36. The average molecular weight is 223 g/mol. The van der Waals surface area contributed by atoms with E-state index in [0.717, 1.165) is 32.2 Å². The van der Waals surface area contributed by atoms with Gasteiger partial charge in [-0.15, -0.1) is 0 Å². The molecule has 2 N–H and O–H groups in total. The number of aromatic amines is 1. The summed E-state index contributed by atoms with van der Waals surface area (Å²) in [5, 5.41) is 15.3. The van der Waals surface area contributed by atoms with Gasteiger partial charge in [0.2, 0.25) is 0 Å². The van der Waals surface area contributed by atoms with Gasteiger partial charge in [0.25, 0.3) is 5.91 Å². The van der Waals surface area contributed by atoms with Gasteiger partial charge in [-0.1, -0.05) is 0 Å². The molecule has 0 aliphatic carbocycles. The van der Waals surface area contributed by atoms with Crippen molar-refractivity contribution in [2.45, 2.75) is 31.7 Å². The summed E-state index contributed by atoms with van der Waals surface area (Å²) in [6.07, 6.45) is 6.94. The van der Waals surface area contributed by atoms with E-state index in [1.165, 1.54) is 0 Å². The number of carbonyl (C=O) groups is 1. The molecule has 88 valence electrons. The second-order valence-electron chi connectivity index (χ2n) is 4.15. The quantitative estimate of drug-likeness (QED) is 0.792. The Kier molecular flexibility index (Phi) is 3.56. The molecular formula is C11H17N3O2. The molecule has 2 heterocycles. The number of amides is 1. The maximum atomic E-state index is 12.1. The molecule has 1 aliphatic rings. The number of hydrogen-bond donors (Lipinski definition) is 2. The molecule has 0 aromatic carbocycles.